The van der Waals surface area contributed by atoms with Crippen molar-refractivity contribution in [3.63, 3.8) is 0 Å². The first-order valence-electron chi connectivity index (χ1n) is 8.57. The van der Waals surface area contributed by atoms with E-state index in [4.69, 9.17) is 0 Å². The summed E-state index contributed by atoms with van der Waals surface area (Å²) in [6.45, 7) is 5.55. The Balaban J connectivity index is 1.63. The van der Waals surface area contributed by atoms with Crippen LogP contribution < -0.4 is 10.9 Å². The molecule has 1 aromatic carbocycles. The number of carbonyl (C=O) groups is 2. The van der Waals surface area contributed by atoms with Gasteiger partial charge in [0.1, 0.15) is 11.5 Å². The second kappa shape index (κ2) is 7.55. The van der Waals surface area contributed by atoms with Gasteiger partial charge < -0.3 is 4.90 Å². The Morgan fingerprint density at radius 3 is 2.42 bits per heavy atom. The number of nitrogens with zero attached hydrogens (tertiary/aromatic N) is 3. The van der Waals surface area contributed by atoms with Crippen molar-refractivity contribution in [3.8, 4) is 5.69 Å². The van der Waals surface area contributed by atoms with Gasteiger partial charge in [0.2, 0.25) is 0 Å². The Morgan fingerprint density at radius 2 is 1.77 bits per heavy atom. The van der Waals surface area contributed by atoms with E-state index in [1.807, 2.05) is 0 Å². The Labute approximate surface area is 151 Å². The summed E-state index contributed by atoms with van der Waals surface area (Å²) in [4.78, 5) is 30.4. The van der Waals surface area contributed by atoms with E-state index in [0.717, 1.165) is 6.42 Å². The molecule has 2 heterocycles. The molecule has 1 aliphatic heterocycles. The lowest BCUT2D eigenvalue weighted by Crippen LogP contribution is -2.52. The summed E-state index contributed by atoms with van der Waals surface area (Å²) in [6.07, 6.45) is 3.93. The van der Waals surface area contributed by atoms with Gasteiger partial charge in [-0.05, 0) is 42.5 Å². The zero-order chi connectivity index (χ0) is 18.7. The van der Waals surface area contributed by atoms with Gasteiger partial charge in [0.15, 0.2) is 0 Å². The molecule has 0 bridgehead atoms. The summed E-state index contributed by atoms with van der Waals surface area (Å²) in [7, 11) is 0. The van der Waals surface area contributed by atoms with Crippen LogP contribution in [-0.2, 0) is 0 Å². The van der Waals surface area contributed by atoms with Crippen LogP contribution in [0.25, 0.3) is 5.69 Å². The standard InChI is InChI=1S/C18H22FN5O2/c1-12-7-13(2)10-23(9-12)18(26)22-21-17(25)16-8-20-11-24(16)15-5-3-14(19)4-6-15/h3-6,8,11-13H,7,9-10H2,1-2H3,(H,21,25)(H,22,26)/t12-,13-/m1/s1. The molecule has 0 saturated carbocycles. The molecule has 1 aromatic heterocycles. The molecule has 7 nitrogen and oxygen atoms in total. The third-order valence-corrected chi connectivity index (χ3v) is 4.41. The number of carbonyl (C=O) groups excluding carboxylic acids is 2. The van der Waals surface area contributed by atoms with E-state index in [2.05, 4.69) is 29.7 Å². The first-order chi connectivity index (χ1) is 12.4. The van der Waals surface area contributed by atoms with Gasteiger partial charge in [-0.25, -0.2) is 19.6 Å². The number of nitrogens with one attached hydrogen (secondary N) is 2. The SMILES string of the molecule is C[C@@H]1C[C@@H](C)CN(C(=O)NNC(=O)c2cncn2-c2ccc(F)cc2)C1. The first kappa shape index (κ1) is 17.9. The van der Waals surface area contributed by atoms with Crippen LogP contribution in [0.3, 0.4) is 0 Å². The van der Waals surface area contributed by atoms with Crippen molar-refractivity contribution in [3.05, 3.63) is 48.3 Å². The van der Waals surface area contributed by atoms with E-state index in [1.54, 1.807) is 17.0 Å². The fourth-order valence-corrected chi connectivity index (χ4v) is 3.35. The molecule has 2 aromatic rings. The van der Waals surface area contributed by atoms with Crippen LogP contribution >= 0.6 is 0 Å². The number of imidazole rings is 1. The number of urea groups is 1. The lowest BCUT2D eigenvalue weighted by atomic mass is 9.92. The largest absolute Gasteiger partial charge is 0.336 e. The highest BCUT2D eigenvalue weighted by atomic mass is 19.1. The number of halogens is 1. The summed E-state index contributed by atoms with van der Waals surface area (Å²) in [5, 5.41) is 0. The lowest BCUT2D eigenvalue weighted by Gasteiger charge is -2.34. The number of aromatic nitrogens is 2. The van der Waals surface area contributed by atoms with Crippen LogP contribution in [0.1, 0.15) is 30.8 Å². The van der Waals surface area contributed by atoms with Gasteiger partial charge in [0, 0.05) is 18.8 Å². The zero-order valence-corrected chi connectivity index (χ0v) is 14.8. The molecule has 0 spiro atoms. The summed E-state index contributed by atoms with van der Waals surface area (Å²) in [5.41, 5.74) is 5.70. The Morgan fingerprint density at radius 1 is 1.12 bits per heavy atom. The van der Waals surface area contributed by atoms with Gasteiger partial charge in [-0.1, -0.05) is 13.8 Å². The Bertz CT molecular complexity index is 779. The fraction of sp³-hybridized carbons (Fsp3) is 0.389. The van der Waals surface area contributed by atoms with Gasteiger partial charge in [0.25, 0.3) is 5.91 Å². The second-order valence-corrected chi connectivity index (χ2v) is 6.86. The van der Waals surface area contributed by atoms with E-state index in [9.17, 15) is 14.0 Å². The summed E-state index contributed by atoms with van der Waals surface area (Å²) in [6, 6.07) is 5.37. The molecule has 0 radical (unpaired) electrons. The number of benzene rings is 1. The van der Waals surface area contributed by atoms with Crippen molar-refractivity contribution in [1.82, 2.24) is 25.3 Å². The third kappa shape index (κ3) is 4.01. The average Bonchev–Trinajstić information content (AvgIpc) is 3.09. The zero-order valence-electron chi connectivity index (χ0n) is 14.8. The van der Waals surface area contributed by atoms with Crippen molar-refractivity contribution in [2.75, 3.05) is 13.1 Å². The predicted octanol–water partition coefficient (Wildman–Crippen LogP) is 2.34. The first-order valence-corrected chi connectivity index (χ1v) is 8.57. The monoisotopic (exact) mass is 359 g/mol. The molecule has 2 atom stereocenters. The minimum Gasteiger partial charge on any atom is -0.323 e. The summed E-state index contributed by atoms with van der Waals surface area (Å²) < 4.78 is 14.6. The molecular formula is C18H22FN5O2. The highest BCUT2D eigenvalue weighted by Gasteiger charge is 2.25. The Kier molecular flexibility index (Phi) is 5.20. The smallest absolute Gasteiger partial charge is 0.323 e. The molecule has 8 heteroatoms. The van der Waals surface area contributed by atoms with Gasteiger partial charge in [-0.15, -0.1) is 0 Å². The van der Waals surface area contributed by atoms with Crippen molar-refractivity contribution in [2.45, 2.75) is 20.3 Å². The molecule has 2 N–H and O–H groups in total. The van der Waals surface area contributed by atoms with Crippen molar-refractivity contribution >= 4 is 11.9 Å². The number of piperidine rings is 1. The van der Waals surface area contributed by atoms with Gasteiger partial charge in [-0.3, -0.25) is 14.8 Å². The highest BCUT2D eigenvalue weighted by Crippen LogP contribution is 2.20. The van der Waals surface area contributed by atoms with Gasteiger partial charge in [-0.2, -0.15) is 0 Å². The normalized spacial score (nSPS) is 19.9. The molecule has 3 rings (SSSR count). The second-order valence-electron chi connectivity index (χ2n) is 6.86. The Hall–Kier alpha value is -2.90. The summed E-state index contributed by atoms with van der Waals surface area (Å²) in [5.74, 6) is -0.00406. The maximum atomic E-state index is 13.1. The molecule has 0 unspecified atom stereocenters. The average molecular weight is 359 g/mol. The van der Waals surface area contributed by atoms with E-state index in [-0.39, 0.29) is 17.5 Å². The quantitative estimate of drug-likeness (QED) is 0.808. The van der Waals surface area contributed by atoms with Crippen molar-refractivity contribution in [2.24, 2.45) is 11.8 Å². The molecular weight excluding hydrogens is 337 g/mol. The van der Waals surface area contributed by atoms with Crippen LogP contribution in [0.5, 0.6) is 0 Å². The van der Waals surface area contributed by atoms with Crippen LogP contribution in [0.2, 0.25) is 0 Å². The number of hydrazine groups is 1. The maximum Gasteiger partial charge on any atom is 0.336 e. The van der Waals surface area contributed by atoms with Gasteiger partial charge in [0.05, 0.1) is 12.5 Å². The topological polar surface area (TPSA) is 79.3 Å². The van der Waals surface area contributed by atoms with Crippen molar-refractivity contribution < 1.29 is 14.0 Å². The lowest BCUT2D eigenvalue weighted by molar-refractivity contribution is 0.0914. The van der Waals surface area contributed by atoms with E-state index >= 15 is 0 Å². The minimum atomic E-state index is -0.502. The minimum absolute atomic E-state index is 0.234. The van der Waals surface area contributed by atoms with Crippen LogP contribution in [0.15, 0.2) is 36.8 Å². The molecule has 3 amide bonds. The number of amides is 3. The molecule has 1 saturated heterocycles. The highest BCUT2D eigenvalue weighted by molar-refractivity contribution is 5.94. The number of hydrogen-bond acceptors (Lipinski definition) is 3. The maximum absolute atomic E-state index is 13.1. The van der Waals surface area contributed by atoms with Crippen LogP contribution in [-0.4, -0.2) is 39.5 Å². The summed E-state index contributed by atoms with van der Waals surface area (Å²) >= 11 is 0. The van der Waals surface area contributed by atoms with E-state index in [1.165, 1.54) is 29.2 Å². The van der Waals surface area contributed by atoms with E-state index < -0.39 is 5.91 Å². The van der Waals surface area contributed by atoms with Crippen LogP contribution in [0.4, 0.5) is 9.18 Å². The molecule has 0 aliphatic carbocycles. The van der Waals surface area contributed by atoms with Crippen molar-refractivity contribution in [1.29, 1.82) is 0 Å². The van der Waals surface area contributed by atoms with Gasteiger partial charge >= 0.3 is 6.03 Å². The molecule has 26 heavy (non-hydrogen) atoms. The molecule has 138 valence electrons. The molecule has 1 aliphatic rings. The van der Waals surface area contributed by atoms with Crippen LogP contribution in [0, 0.1) is 17.7 Å². The number of hydrogen-bond donors (Lipinski definition) is 2. The molecule has 1 fully saturated rings. The number of rotatable bonds is 2. The fourth-order valence-electron chi connectivity index (χ4n) is 3.35. The number of likely N-dealkylation sites (tertiary alicyclic amines) is 1. The third-order valence-electron chi connectivity index (χ3n) is 4.41. The predicted molar refractivity (Wildman–Crippen MR) is 94.0 cm³/mol. The van der Waals surface area contributed by atoms with E-state index in [0.29, 0.717) is 30.6 Å².